The number of benzene rings is 2. The van der Waals surface area contributed by atoms with E-state index in [4.69, 9.17) is 9.47 Å². The third-order valence-electron chi connectivity index (χ3n) is 2.97. The van der Waals surface area contributed by atoms with Crippen LogP contribution in [0.1, 0.15) is 15.9 Å². The van der Waals surface area contributed by atoms with Crippen LogP contribution in [0.3, 0.4) is 0 Å². The molecule has 0 spiro atoms. The predicted molar refractivity (Wildman–Crippen MR) is 81.7 cm³/mol. The summed E-state index contributed by atoms with van der Waals surface area (Å²) in [5, 5.41) is 0. The van der Waals surface area contributed by atoms with E-state index in [0.29, 0.717) is 17.7 Å². The quantitative estimate of drug-likeness (QED) is 0.778. The van der Waals surface area contributed by atoms with Gasteiger partial charge in [-0.3, -0.25) is 4.79 Å². The Morgan fingerprint density at radius 3 is 2.55 bits per heavy atom. The minimum absolute atomic E-state index is 0.0565. The van der Waals surface area contributed by atoms with Crippen LogP contribution < -0.4 is 9.47 Å². The zero-order chi connectivity index (χ0) is 14.5. The maximum atomic E-state index is 12.2. The smallest absolute Gasteiger partial charge is 0.167 e. The molecule has 0 amide bonds. The van der Waals surface area contributed by atoms with Crippen molar-refractivity contribution in [3.63, 3.8) is 0 Å². The summed E-state index contributed by atoms with van der Waals surface area (Å²) in [6, 6.07) is 12.8. The highest BCUT2D eigenvalue weighted by Crippen LogP contribution is 2.26. The number of ether oxygens (including phenoxy) is 2. The van der Waals surface area contributed by atoms with Crippen molar-refractivity contribution in [3.8, 4) is 11.5 Å². The summed E-state index contributed by atoms with van der Waals surface area (Å²) < 4.78 is 11.1. The van der Waals surface area contributed by atoms with Gasteiger partial charge in [0.25, 0.3) is 0 Å². The highest BCUT2D eigenvalue weighted by atomic mass is 79.9. The fourth-order valence-electron chi connectivity index (χ4n) is 1.90. The van der Waals surface area contributed by atoms with Gasteiger partial charge in [0.15, 0.2) is 5.78 Å². The number of carbonyl (C=O) groups is 1. The Bertz CT molecular complexity index is 623. The number of ketones is 1. The molecule has 0 atom stereocenters. The van der Waals surface area contributed by atoms with Gasteiger partial charge in [0, 0.05) is 12.0 Å². The van der Waals surface area contributed by atoms with Crippen LogP contribution in [0.25, 0.3) is 0 Å². The van der Waals surface area contributed by atoms with E-state index in [9.17, 15) is 4.79 Å². The van der Waals surface area contributed by atoms with Gasteiger partial charge in [-0.15, -0.1) is 0 Å². The standard InChI is InChI=1S/C16H15BrO3/c1-19-13-5-3-4-12(10-13)15(18)9-11-6-7-16(20-2)14(17)8-11/h3-8,10H,9H2,1-2H3. The molecule has 2 aromatic carbocycles. The minimum Gasteiger partial charge on any atom is -0.497 e. The lowest BCUT2D eigenvalue weighted by Crippen LogP contribution is -2.04. The van der Waals surface area contributed by atoms with Crippen molar-refractivity contribution in [2.45, 2.75) is 6.42 Å². The molecule has 0 N–H and O–H groups in total. The summed E-state index contributed by atoms with van der Waals surface area (Å²) in [6.45, 7) is 0. The van der Waals surface area contributed by atoms with Crippen LogP contribution in [0.15, 0.2) is 46.9 Å². The van der Waals surface area contributed by atoms with E-state index in [1.165, 1.54) is 0 Å². The summed E-state index contributed by atoms with van der Waals surface area (Å²) in [5.74, 6) is 1.50. The zero-order valence-electron chi connectivity index (χ0n) is 11.4. The van der Waals surface area contributed by atoms with Crippen LogP contribution in [0, 0.1) is 0 Å². The Labute approximate surface area is 126 Å². The first-order chi connectivity index (χ1) is 9.63. The largest absolute Gasteiger partial charge is 0.497 e. The number of hydrogen-bond acceptors (Lipinski definition) is 3. The van der Waals surface area contributed by atoms with Gasteiger partial charge in [-0.1, -0.05) is 18.2 Å². The normalized spacial score (nSPS) is 10.2. The third kappa shape index (κ3) is 3.39. The maximum Gasteiger partial charge on any atom is 0.167 e. The fourth-order valence-corrected chi connectivity index (χ4v) is 2.49. The van der Waals surface area contributed by atoms with Gasteiger partial charge >= 0.3 is 0 Å². The Morgan fingerprint density at radius 2 is 1.90 bits per heavy atom. The molecule has 0 saturated carbocycles. The molecule has 20 heavy (non-hydrogen) atoms. The molecule has 104 valence electrons. The second-order valence-electron chi connectivity index (χ2n) is 4.30. The third-order valence-corrected chi connectivity index (χ3v) is 3.59. The summed E-state index contributed by atoms with van der Waals surface area (Å²) in [4.78, 5) is 12.2. The van der Waals surface area contributed by atoms with Crippen LogP contribution in [-0.4, -0.2) is 20.0 Å². The molecule has 0 aliphatic rings. The van der Waals surface area contributed by atoms with E-state index in [1.54, 1.807) is 26.4 Å². The van der Waals surface area contributed by atoms with Gasteiger partial charge in [-0.25, -0.2) is 0 Å². The molecule has 0 aromatic heterocycles. The van der Waals surface area contributed by atoms with Gasteiger partial charge in [0.2, 0.25) is 0 Å². The van der Waals surface area contributed by atoms with E-state index in [0.717, 1.165) is 15.8 Å². The van der Waals surface area contributed by atoms with Crippen LogP contribution in [0.4, 0.5) is 0 Å². The van der Waals surface area contributed by atoms with Crippen molar-refractivity contribution < 1.29 is 14.3 Å². The molecule has 0 fully saturated rings. The minimum atomic E-state index is 0.0565. The average Bonchev–Trinajstić information content (AvgIpc) is 2.47. The molecule has 0 unspecified atom stereocenters. The lowest BCUT2D eigenvalue weighted by Gasteiger charge is -2.07. The molecule has 2 aromatic rings. The van der Waals surface area contributed by atoms with Crippen molar-refractivity contribution in [3.05, 3.63) is 58.1 Å². The summed E-state index contributed by atoms with van der Waals surface area (Å²) in [7, 11) is 3.20. The molecule has 0 radical (unpaired) electrons. The van der Waals surface area contributed by atoms with E-state index < -0.39 is 0 Å². The van der Waals surface area contributed by atoms with E-state index in [2.05, 4.69) is 15.9 Å². The van der Waals surface area contributed by atoms with Gasteiger partial charge in [0.05, 0.1) is 18.7 Å². The summed E-state index contributed by atoms with van der Waals surface area (Å²) in [5.41, 5.74) is 1.58. The molecule has 2 rings (SSSR count). The first-order valence-electron chi connectivity index (χ1n) is 6.13. The lowest BCUT2D eigenvalue weighted by atomic mass is 10.0. The predicted octanol–water partition coefficient (Wildman–Crippen LogP) is 3.89. The van der Waals surface area contributed by atoms with E-state index in [1.807, 2.05) is 30.3 Å². The molecule has 0 aliphatic heterocycles. The van der Waals surface area contributed by atoms with Crippen molar-refractivity contribution >= 4 is 21.7 Å². The van der Waals surface area contributed by atoms with Gasteiger partial charge < -0.3 is 9.47 Å². The molecule has 0 aliphatic carbocycles. The van der Waals surface area contributed by atoms with Crippen molar-refractivity contribution in [1.29, 1.82) is 0 Å². The second kappa shape index (κ2) is 6.57. The number of hydrogen-bond donors (Lipinski definition) is 0. The fraction of sp³-hybridized carbons (Fsp3) is 0.188. The first-order valence-corrected chi connectivity index (χ1v) is 6.93. The van der Waals surface area contributed by atoms with Crippen LogP contribution in [0.2, 0.25) is 0 Å². The van der Waals surface area contributed by atoms with E-state index in [-0.39, 0.29) is 5.78 Å². The van der Waals surface area contributed by atoms with Gasteiger partial charge in [-0.2, -0.15) is 0 Å². The summed E-state index contributed by atoms with van der Waals surface area (Å²) in [6.07, 6.45) is 0.343. The molecule has 0 bridgehead atoms. The van der Waals surface area contributed by atoms with Gasteiger partial charge in [0.1, 0.15) is 11.5 Å². The van der Waals surface area contributed by atoms with Crippen molar-refractivity contribution in [1.82, 2.24) is 0 Å². The highest BCUT2D eigenvalue weighted by molar-refractivity contribution is 9.10. The molecular formula is C16H15BrO3. The van der Waals surface area contributed by atoms with Crippen molar-refractivity contribution in [2.75, 3.05) is 14.2 Å². The Balaban J connectivity index is 2.16. The number of Topliss-reactive ketones (excluding diaryl/α,β-unsaturated/α-hetero) is 1. The maximum absolute atomic E-state index is 12.2. The Kier molecular flexibility index (Phi) is 4.79. The highest BCUT2D eigenvalue weighted by Gasteiger charge is 2.09. The van der Waals surface area contributed by atoms with Crippen molar-refractivity contribution in [2.24, 2.45) is 0 Å². The second-order valence-corrected chi connectivity index (χ2v) is 5.16. The average molecular weight is 335 g/mol. The number of methoxy groups -OCH3 is 2. The molecule has 3 nitrogen and oxygen atoms in total. The molecule has 4 heteroatoms. The summed E-state index contributed by atoms with van der Waals surface area (Å²) >= 11 is 3.42. The molecular weight excluding hydrogens is 320 g/mol. The monoisotopic (exact) mass is 334 g/mol. The SMILES string of the molecule is COc1cccc(C(=O)Cc2ccc(OC)c(Br)c2)c1. The number of halogens is 1. The molecule has 0 heterocycles. The number of rotatable bonds is 5. The topological polar surface area (TPSA) is 35.5 Å². The lowest BCUT2D eigenvalue weighted by molar-refractivity contribution is 0.0992. The van der Waals surface area contributed by atoms with Gasteiger partial charge in [-0.05, 0) is 45.8 Å². The Morgan fingerprint density at radius 1 is 1.10 bits per heavy atom. The molecule has 0 saturated heterocycles. The van der Waals surface area contributed by atoms with Crippen LogP contribution >= 0.6 is 15.9 Å². The van der Waals surface area contributed by atoms with Crippen LogP contribution in [-0.2, 0) is 6.42 Å². The van der Waals surface area contributed by atoms with Crippen LogP contribution in [0.5, 0.6) is 11.5 Å². The van der Waals surface area contributed by atoms with E-state index >= 15 is 0 Å². The Hall–Kier alpha value is -1.81. The zero-order valence-corrected chi connectivity index (χ0v) is 12.9. The first kappa shape index (κ1) is 14.6. The number of carbonyl (C=O) groups excluding carboxylic acids is 1.